The number of carbonyl (C=O) groups is 2. The molecule has 1 aliphatic carbocycles. The first-order chi connectivity index (χ1) is 9.50. The van der Waals surface area contributed by atoms with Crippen molar-refractivity contribution in [3.63, 3.8) is 0 Å². The Morgan fingerprint density at radius 1 is 1.20 bits per heavy atom. The number of aromatic nitrogens is 3. The summed E-state index contributed by atoms with van der Waals surface area (Å²) in [6, 6.07) is -0.764. The average Bonchev–Trinajstić information content (AvgIpc) is 2.69. The number of carbonyl (C=O) groups excluding carboxylic acids is 2. The molecule has 1 fully saturated rings. The van der Waals surface area contributed by atoms with E-state index in [9.17, 15) is 19.2 Å². The Labute approximate surface area is 114 Å². The molecule has 20 heavy (non-hydrogen) atoms. The van der Waals surface area contributed by atoms with Crippen LogP contribution in [-0.2, 0) is 22.2 Å². The van der Waals surface area contributed by atoms with Crippen LogP contribution in [0.3, 0.4) is 0 Å². The molecule has 1 aliphatic heterocycles. The van der Waals surface area contributed by atoms with Crippen molar-refractivity contribution in [1.82, 2.24) is 13.9 Å². The van der Waals surface area contributed by atoms with Gasteiger partial charge in [-0.05, 0) is 12.8 Å². The summed E-state index contributed by atoms with van der Waals surface area (Å²) in [4.78, 5) is 47.0. The van der Waals surface area contributed by atoms with Crippen LogP contribution in [0.15, 0.2) is 21.7 Å². The van der Waals surface area contributed by atoms with Crippen LogP contribution in [-0.4, -0.2) is 26.0 Å². The molecule has 0 aromatic carbocycles. The topological polar surface area (TPSA) is 83.1 Å². The largest absolute Gasteiger partial charge is 0.347 e. The highest BCUT2D eigenvalue weighted by Gasteiger charge is 2.41. The van der Waals surface area contributed by atoms with Crippen LogP contribution >= 0.6 is 0 Å². The van der Waals surface area contributed by atoms with Gasteiger partial charge in [0, 0.05) is 19.9 Å². The van der Waals surface area contributed by atoms with Gasteiger partial charge in [-0.1, -0.05) is 12.2 Å². The van der Waals surface area contributed by atoms with E-state index < -0.39 is 23.0 Å². The summed E-state index contributed by atoms with van der Waals surface area (Å²) in [6.07, 6.45) is 5.81. The standard InChI is InChI=1S/C13H15N3O4/c1-14-11(19)15-9(8-17)2-5-13(16(15)12(14)20)6-3-10(18)4-7-13/h2,5,8-9H,3-4,6-7H2,1H3. The molecule has 2 aliphatic rings. The zero-order valence-corrected chi connectivity index (χ0v) is 11.1. The maximum Gasteiger partial charge on any atom is 0.347 e. The number of Topliss-reactive ketones (excluding diaryl/α,β-unsaturated/α-hetero) is 1. The average molecular weight is 277 g/mol. The Morgan fingerprint density at radius 2 is 1.85 bits per heavy atom. The molecule has 0 bridgehead atoms. The zero-order chi connectivity index (χ0) is 14.5. The fraction of sp³-hybridized carbons (Fsp3) is 0.538. The minimum atomic E-state index is -0.764. The summed E-state index contributed by atoms with van der Waals surface area (Å²) in [7, 11) is 1.40. The van der Waals surface area contributed by atoms with E-state index in [0.29, 0.717) is 32.0 Å². The number of fused-ring (bicyclic) bond motifs is 2. The van der Waals surface area contributed by atoms with Crippen LogP contribution < -0.4 is 11.4 Å². The van der Waals surface area contributed by atoms with Gasteiger partial charge in [-0.15, -0.1) is 0 Å². The lowest BCUT2D eigenvalue weighted by atomic mass is 9.80. The number of allylic oxidation sites excluding steroid dienone is 2. The SMILES string of the molecule is Cn1c(=O)n2n(c1=O)C1(C=CC2C=O)CCC(=O)CC1. The van der Waals surface area contributed by atoms with Gasteiger partial charge in [0.1, 0.15) is 18.1 Å². The van der Waals surface area contributed by atoms with E-state index >= 15 is 0 Å². The summed E-state index contributed by atoms with van der Waals surface area (Å²) >= 11 is 0. The molecule has 0 radical (unpaired) electrons. The minimum absolute atomic E-state index is 0.166. The van der Waals surface area contributed by atoms with Gasteiger partial charge in [0.25, 0.3) is 0 Å². The molecule has 7 heteroatoms. The smallest absolute Gasteiger partial charge is 0.301 e. The normalized spacial score (nSPS) is 23.9. The molecule has 0 saturated heterocycles. The lowest BCUT2D eigenvalue weighted by molar-refractivity contribution is -0.122. The first-order valence-corrected chi connectivity index (χ1v) is 6.57. The van der Waals surface area contributed by atoms with E-state index in [0.717, 1.165) is 4.57 Å². The molecule has 2 heterocycles. The highest BCUT2D eigenvalue weighted by atomic mass is 16.2. The minimum Gasteiger partial charge on any atom is -0.301 e. The van der Waals surface area contributed by atoms with Crippen LogP contribution in [0, 0.1) is 0 Å². The quantitative estimate of drug-likeness (QED) is 0.511. The van der Waals surface area contributed by atoms with Gasteiger partial charge in [0.05, 0.1) is 5.54 Å². The van der Waals surface area contributed by atoms with Crippen molar-refractivity contribution in [3.05, 3.63) is 33.1 Å². The fourth-order valence-electron chi connectivity index (χ4n) is 3.09. The number of nitrogens with zero attached hydrogens (tertiary/aromatic N) is 3. The van der Waals surface area contributed by atoms with Crippen molar-refractivity contribution in [2.24, 2.45) is 7.05 Å². The van der Waals surface area contributed by atoms with Gasteiger partial charge in [0.15, 0.2) is 0 Å². The van der Waals surface area contributed by atoms with E-state index in [-0.39, 0.29) is 5.78 Å². The third kappa shape index (κ3) is 1.52. The Hall–Kier alpha value is -2.18. The third-order valence-corrected chi connectivity index (χ3v) is 4.29. The molecule has 1 atom stereocenters. The Morgan fingerprint density at radius 3 is 2.45 bits per heavy atom. The Balaban J connectivity index is 2.26. The van der Waals surface area contributed by atoms with Gasteiger partial charge in [-0.3, -0.25) is 4.79 Å². The predicted octanol–water partition coefficient (Wildman–Crippen LogP) is -0.503. The molecule has 106 valence electrons. The second-order valence-electron chi connectivity index (χ2n) is 5.41. The van der Waals surface area contributed by atoms with E-state index in [1.807, 2.05) is 0 Å². The summed E-state index contributed by atoms with van der Waals surface area (Å²) in [5.74, 6) is 0.166. The van der Waals surface area contributed by atoms with E-state index in [1.54, 1.807) is 12.2 Å². The van der Waals surface area contributed by atoms with Crippen molar-refractivity contribution in [2.45, 2.75) is 37.3 Å². The summed E-state index contributed by atoms with van der Waals surface area (Å²) in [5, 5.41) is 0. The molecule has 7 nitrogen and oxygen atoms in total. The lowest BCUT2D eigenvalue weighted by Crippen LogP contribution is -2.49. The van der Waals surface area contributed by atoms with Crippen LogP contribution in [0.25, 0.3) is 0 Å². The first kappa shape index (κ1) is 12.8. The predicted molar refractivity (Wildman–Crippen MR) is 69.6 cm³/mol. The highest BCUT2D eigenvalue weighted by molar-refractivity contribution is 5.79. The van der Waals surface area contributed by atoms with E-state index in [4.69, 9.17) is 0 Å². The molecular formula is C13H15N3O4. The summed E-state index contributed by atoms with van der Waals surface area (Å²) in [5.41, 5.74) is -1.61. The van der Waals surface area contributed by atoms with Crippen LogP contribution in [0.2, 0.25) is 0 Å². The molecule has 1 aromatic heterocycles. The number of aldehydes is 1. The molecule has 1 aromatic rings. The van der Waals surface area contributed by atoms with Crippen molar-refractivity contribution in [3.8, 4) is 0 Å². The second kappa shape index (κ2) is 4.16. The summed E-state index contributed by atoms with van der Waals surface area (Å²) < 4.78 is 3.56. The number of hydrogen-bond acceptors (Lipinski definition) is 4. The van der Waals surface area contributed by atoms with Crippen molar-refractivity contribution < 1.29 is 9.59 Å². The lowest BCUT2D eigenvalue weighted by Gasteiger charge is -2.39. The van der Waals surface area contributed by atoms with Gasteiger partial charge >= 0.3 is 11.4 Å². The van der Waals surface area contributed by atoms with Crippen LogP contribution in [0.5, 0.6) is 0 Å². The highest BCUT2D eigenvalue weighted by Crippen LogP contribution is 2.36. The molecule has 1 saturated carbocycles. The first-order valence-electron chi connectivity index (χ1n) is 6.57. The maximum absolute atomic E-state index is 12.3. The molecular weight excluding hydrogens is 262 g/mol. The second-order valence-corrected chi connectivity index (χ2v) is 5.41. The number of hydrogen-bond donors (Lipinski definition) is 0. The van der Waals surface area contributed by atoms with Gasteiger partial charge < -0.3 is 4.79 Å². The number of rotatable bonds is 1. The number of ketones is 1. The van der Waals surface area contributed by atoms with Crippen molar-refractivity contribution in [1.29, 1.82) is 0 Å². The molecule has 0 amide bonds. The van der Waals surface area contributed by atoms with Crippen molar-refractivity contribution >= 4 is 12.1 Å². The monoisotopic (exact) mass is 277 g/mol. The zero-order valence-electron chi connectivity index (χ0n) is 11.1. The Bertz CT molecular complexity index is 724. The van der Waals surface area contributed by atoms with Gasteiger partial charge in [-0.2, -0.15) is 0 Å². The van der Waals surface area contributed by atoms with Crippen LogP contribution in [0.1, 0.15) is 31.7 Å². The van der Waals surface area contributed by atoms with Gasteiger partial charge in [-0.25, -0.2) is 23.5 Å². The fourth-order valence-corrected chi connectivity index (χ4v) is 3.09. The Kier molecular flexibility index (Phi) is 2.67. The molecule has 3 rings (SSSR count). The maximum atomic E-state index is 12.3. The van der Waals surface area contributed by atoms with E-state index in [2.05, 4.69) is 0 Å². The molecule has 1 spiro atoms. The summed E-state index contributed by atoms with van der Waals surface area (Å²) in [6.45, 7) is 0. The van der Waals surface area contributed by atoms with Crippen molar-refractivity contribution in [2.75, 3.05) is 0 Å². The molecule has 1 unspecified atom stereocenters. The molecule has 0 N–H and O–H groups in total. The van der Waals surface area contributed by atoms with Crippen LogP contribution in [0.4, 0.5) is 0 Å². The van der Waals surface area contributed by atoms with E-state index in [1.165, 1.54) is 16.4 Å². The third-order valence-electron chi connectivity index (χ3n) is 4.29. The van der Waals surface area contributed by atoms with Gasteiger partial charge in [0.2, 0.25) is 0 Å².